The molecule has 0 saturated carbocycles. The highest BCUT2D eigenvalue weighted by Crippen LogP contribution is 2.32. The molecule has 0 aliphatic heterocycles. The van der Waals surface area contributed by atoms with Crippen LogP contribution in [-0.4, -0.2) is 5.91 Å². The van der Waals surface area contributed by atoms with Crippen LogP contribution in [0.1, 0.15) is 53.4 Å². The number of nitrogens with zero attached hydrogens (tertiary/aromatic N) is 1. The zero-order valence-corrected chi connectivity index (χ0v) is 18.3. The third kappa shape index (κ3) is 4.87. The molecule has 2 aromatic rings. The number of carbonyl (C=O) groups is 1. The summed E-state index contributed by atoms with van der Waals surface area (Å²) in [6, 6.07) is 13.9. The molecule has 140 valence electrons. The van der Waals surface area contributed by atoms with Crippen LogP contribution < -0.4 is 5.32 Å². The monoisotopic (exact) mass is 424 g/mol. The molecule has 2 rings (SSSR count). The van der Waals surface area contributed by atoms with Gasteiger partial charge in [0.2, 0.25) is 0 Å². The summed E-state index contributed by atoms with van der Waals surface area (Å²) in [4.78, 5) is 13.0. The molecule has 0 unspecified atom stereocenters. The lowest BCUT2D eigenvalue weighted by atomic mass is 9.86. The standard InChI is InChI=1S/C23H25BrN2O/c1-14-10-15(2)12-17(11-14)19(13-25)21(23(4,5)6)26-22(27)18-8-7-9-20(24)16(18)3/h7-12H,1-6H3,(H,26,27). The molecule has 27 heavy (non-hydrogen) atoms. The quantitative estimate of drug-likeness (QED) is 0.606. The Bertz CT molecular complexity index is 939. The predicted octanol–water partition coefficient (Wildman–Crippen LogP) is 6.09. The highest BCUT2D eigenvalue weighted by molar-refractivity contribution is 9.10. The summed E-state index contributed by atoms with van der Waals surface area (Å²) in [7, 11) is 0. The molecule has 1 N–H and O–H groups in total. The van der Waals surface area contributed by atoms with Crippen LogP contribution in [0.2, 0.25) is 0 Å². The Morgan fingerprint density at radius 2 is 1.67 bits per heavy atom. The summed E-state index contributed by atoms with van der Waals surface area (Å²) in [5.74, 6) is -0.212. The molecule has 2 aromatic carbocycles. The van der Waals surface area contributed by atoms with Crippen LogP contribution in [0.3, 0.4) is 0 Å². The van der Waals surface area contributed by atoms with Crippen molar-refractivity contribution < 1.29 is 4.79 Å². The van der Waals surface area contributed by atoms with E-state index in [0.29, 0.717) is 16.8 Å². The average molecular weight is 425 g/mol. The van der Waals surface area contributed by atoms with Crippen molar-refractivity contribution in [2.24, 2.45) is 5.41 Å². The number of amides is 1. The Labute approximate surface area is 170 Å². The van der Waals surface area contributed by atoms with Gasteiger partial charge in [-0.2, -0.15) is 5.26 Å². The highest BCUT2D eigenvalue weighted by atomic mass is 79.9. The predicted molar refractivity (Wildman–Crippen MR) is 114 cm³/mol. The van der Waals surface area contributed by atoms with Gasteiger partial charge in [0.25, 0.3) is 5.91 Å². The van der Waals surface area contributed by atoms with Crippen LogP contribution in [0, 0.1) is 37.5 Å². The van der Waals surface area contributed by atoms with E-state index in [0.717, 1.165) is 26.7 Å². The van der Waals surface area contributed by atoms with E-state index in [1.165, 1.54) is 0 Å². The molecule has 4 heteroatoms. The Hall–Kier alpha value is -2.38. The van der Waals surface area contributed by atoms with E-state index in [2.05, 4.69) is 33.4 Å². The van der Waals surface area contributed by atoms with Gasteiger partial charge in [-0.25, -0.2) is 0 Å². The lowest BCUT2D eigenvalue weighted by molar-refractivity contribution is 0.0957. The Morgan fingerprint density at radius 3 is 2.19 bits per heavy atom. The van der Waals surface area contributed by atoms with Crippen LogP contribution >= 0.6 is 15.9 Å². The number of aryl methyl sites for hydroxylation is 2. The second-order valence-electron chi connectivity index (χ2n) is 7.85. The van der Waals surface area contributed by atoms with Crippen molar-refractivity contribution in [1.82, 2.24) is 5.32 Å². The maximum Gasteiger partial charge on any atom is 0.255 e. The third-order valence-corrected chi connectivity index (χ3v) is 5.23. The van der Waals surface area contributed by atoms with Crippen LogP contribution in [0.4, 0.5) is 0 Å². The van der Waals surface area contributed by atoms with Gasteiger partial charge in [-0.05, 0) is 44.0 Å². The first kappa shape index (κ1) is 20.9. The summed E-state index contributed by atoms with van der Waals surface area (Å²) < 4.78 is 0.881. The molecule has 0 heterocycles. The molecular formula is C23H25BrN2O. The minimum absolute atomic E-state index is 0.212. The fourth-order valence-corrected chi connectivity index (χ4v) is 3.41. The van der Waals surface area contributed by atoms with Gasteiger partial charge in [0.1, 0.15) is 6.07 Å². The van der Waals surface area contributed by atoms with Crippen molar-refractivity contribution in [3.05, 3.63) is 74.4 Å². The number of nitrogens with one attached hydrogen (secondary N) is 1. The lowest BCUT2D eigenvalue weighted by Gasteiger charge is -2.26. The highest BCUT2D eigenvalue weighted by Gasteiger charge is 2.25. The number of allylic oxidation sites excluding steroid dienone is 2. The number of nitriles is 1. The van der Waals surface area contributed by atoms with Gasteiger partial charge in [-0.15, -0.1) is 0 Å². The molecule has 0 saturated heterocycles. The van der Waals surface area contributed by atoms with Crippen molar-refractivity contribution in [3.63, 3.8) is 0 Å². The zero-order chi connectivity index (χ0) is 20.4. The van der Waals surface area contributed by atoms with Crippen molar-refractivity contribution in [3.8, 4) is 6.07 Å². The summed E-state index contributed by atoms with van der Waals surface area (Å²) in [5, 5.41) is 12.9. The van der Waals surface area contributed by atoms with E-state index >= 15 is 0 Å². The van der Waals surface area contributed by atoms with Gasteiger partial charge in [-0.3, -0.25) is 4.79 Å². The normalized spacial score (nSPS) is 12.2. The zero-order valence-electron chi connectivity index (χ0n) is 16.7. The molecule has 0 aromatic heterocycles. The van der Waals surface area contributed by atoms with E-state index in [1.54, 1.807) is 6.07 Å². The summed E-state index contributed by atoms with van der Waals surface area (Å²) in [6.45, 7) is 11.9. The Balaban J connectivity index is 2.60. The summed E-state index contributed by atoms with van der Waals surface area (Å²) in [5.41, 5.74) is 5.16. The van der Waals surface area contributed by atoms with Gasteiger partial charge < -0.3 is 5.32 Å². The van der Waals surface area contributed by atoms with Gasteiger partial charge in [0.15, 0.2) is 0 Å². The topological polar surface area (TPSA) is 52.9 Å². The fraction of sp³-hybridized carbons (Fsp3) is 0.304. The first-order chi connectivity index (χ1) is 12.5. The lowest BCUT2D eigenvalue weighted by Crippen LogP contribution is -2.31. The van der Waals surface area contributed by atoms with Gasteiger partial charge in [0, 0.05) is 21.1 Å². The number of halogens is 1. The molecular weight excluding hydrogens is 400 g/mol. The first-order valence-corrected chi connectivity index (χ1v) is 9.64. The van der Waals surface area contributed by atoms with Crippen molar-refractivity contribution in [2.45, 2.75) is 41.5 Å². The smallest absolute Gasteiger partial charge is 0.255 e. The minimum atomic E-state index is -0.404. The molecule has 0 spiro atoms. The largest absolute Gasteiger partial charge is 0.324 e. The molecule has 3 nitrogen and oxygen atoms in total. The maximum atomic E-state index is 13.0. The number of rotatable bonds is 3. The molecule has 0 aliphatic rings. The van der Waals surface area contributed by atoms with Crippen molar-refractivity contribution in [1.29, 1.82) is 5.26 Å². The van der Waals surface area contributed by atoms with Gasteiger partial charge in [0.05, 0.1) is 5.57 Å². The molecule has 0 atom stereocenters. The summed E-state index contributed by atoms with van der Waals surface area (Å²) >= 11 is 3.47. The van der Waals surface area contributed by atoms with Crippen LogP contribution in [0.5, 0.6) is 0 Å². The molecule has 0 aliphatic carbocycles. The third-order valence-electron chi connectivity index (χ3n) is 4.37. The van der Waals surface area contributed by atoms with Crippen LogP contribution in [-0.2, 0) is 0 Å². The van der Waals surface area contributed by atoms with E-state index < -0.39 is 5.41 Å². The van der Waals surface area contributed by atoms with Crippen LogP contribution in [0.25, 0.3) is 5.57 Å². The summed E-state index contributed by atoms with van der Waals surface area (Å²) in [6.07, 6.45) is 0. The fourth-order valence-electron chi connectivity index (χ4n) is 3.04. The second-order valence-corrected chi connectivity index (χ2v) is 8.71. The minimum Gasteiger partial charge on any atom is -0.324 e. The van der Waals surface area contributed by atoms with Crippen LogP contribution in [0.15, 0.2) is 46.6 Å². The Morgan fingerprint density at radius 1 is 1.07 bits per heavy atom. The van der Waals surface area contributed by atoms with Crippen molar-refractivity contribution >= 4 is 27.4 Å². The molecule has 0 bridgehead atoms. The Kier molecular flexibility index (Phi) is 6.28. The van der Waals surface area contributed by atoms with Gasteiger partial charge >= 0.3 is 0 Å². The maximum absolute atomic E-state index is 13.0. The molecule has 0 fully saturated rings. The number of benzene rings is 2. The average Bonchev–Trinajstić information content (AvgIpc) is 2.55. The van der Waals surface area contributed by atoms with Gasteiger partial charge in [-0.1, -0.05) is 72.1 Å². The van der Waals surface area contributed by atoms with E-state index in [-0.39, 0.29) is 5.91 Å². The SMILES string of the molecule is Cc1cc(C)cc(C(C#N)=C(NC(=O)c2cccc(Br)c2C)C(C)(C)C)c1. The number of hydrogen-bond donors (Lipinski definition) is 1. The second kappa shape index (κ2) is 8.10. The molecule has 0 radical (unpaired) electrons. The van der Waals surface area contributed by atoms with E-state index in [1.807, 2.05) is 65.8 Å². The number of hydrogen-bond acceptors (Lipinski definition) is 2. The molecule has 1 amide bonds. The number of carbonyl (C=O) groups excluding carboxylic acids is 1. The first-order valence-electron chi connectivity index (χ1n) is 8.84. The van der Waals surface area contributed by atoms with Crippen molar-refractivity contribution in [2.75, 3.05) is 0 Å². The van der Waals surface area contributed by atoms with E-state index in [4.69, 9.17) is 0 Å². The van der Waals surface area contributed by atoms with E-state index in [9.17, 15) is 10.1 Å².